The lowest BCUT2D eigenvalue weighted by molar-refractivity contribution is -0.120. The maximum absolute atomic E-state index is 12.2. The fourth-order valence-electron chi connectivity index (χ4n) is 2.17. The minimum atomic E-state index is 0.0489. The van der Waals surface area contributed by atoms with Crippen LogP contribution in [-0.4, -0.2) is 20.1 Å². The van der Waals surface area contributed by atoms with Crippen LogP contribution in [0.15, 0.2) is 30.4 Å². The normalized spacial score (nSPS) is 17.9. The summed E-state index contributed by atoms with van der Waals surface area (Å²) in [6, 6.07) is 5.36. The molecule has 0 unspecified atom stereocenters. The Morgan fingerprint density at radius 2 is 2.11 bits per heavy atom. The molecular formula is C15H19NO3. The molecule has 0 saturated carbocycles. The number of ether oxygens (including phenoxy) is 2. The summed E-state index contributed by atoms with van der Waals surface area (Å²) < 4.78 is 10.4. The van der Waals surface area contributed by atoms with E-state index in [9.17, 15) is 4.79 Å². The number of carbonyl (C=O) groups excluding carboxylic acids is 1. The van der Waals surface area contributed by atoms with Crippen LogP contribution in [0.1, 0.15) is 19.3 Å². The summed E-state index contributed by atoms with van der Waals surface area (Å²) in [6.45, 7) is 0. The molecule has 0 spiro atoms. The first-order valence-electron chi connectivity index (χ1n) is 6.42. The molecule has 0 bridgehead atoms. The van der Waals surface area contributed by atoms with Crippen LogP contribution >= 0.6 is 0 Å². The minimum Gasteiger partial charge on any atom is -0.497 e. The van der Waals surface area contributed by atoms with Crippen LogP contribution in [0.5, 0.6) is 11.5 Å². The monoisotopic (exact) mass is 261 g/mol. The fraction of sp³-hybridized carbons (Fsp3) is 0.400. The summed E-state index contributed by atoms with van der Waals surface area (Å²) in [5.74, 6) is 1.42. The van der Waals surface area contributed by atoms with Crippen LogP contribution in [0.25, 0.3) is 0 Å². The Bertz CT molecular complexity index is 482. The molecule has 4 nitrogen and oxygen atoms in total. The summed E-state index contributed by atoms with van der Waals surface area (Å²) in [7, 11) is 3.18. The second kappa shape index (κ2) is 6.27. The lowest BCUT2D eigenvalue weighted by Crippen LogP contribution is -2.23. The van der Waals surface area contributed by atoms with E-state index in [1.807, 2.05) is 0 Å². The number of amides is 1. The number of methoxy groups -OCH3 is 2. The van der Waals surface area contributed by atoms with E-state index in [0.717, 1.165) is 19.3 Å². The average Bonchev–Trinajstić information content (AvgIpc) is 2.48. The summed E-state index contributed by atoms with van der Waals surface area (Å²) >= 11 is 0. The molecule has 0 aliphatic heterocycles. The number of hydrogen-bond donors (Lipinski definition) is 1. The van der Waals surface area contributed by atoms with Gasteiger partial charge in [-0.25, -0.2) is 0 Å². The van der Waals surface area contributed by atoms with E-state index >= 15 is 0 Å². The number of anilines is 1. The van der Waals surface area contributed by atoms with Crippen LogP contribution < -0.4 is 14.8 Å². The van der Waals surface area contributed by atoms with Crippen molar-refractivity contribution in [2.45, 2.75) is 19.3 Å². The number of hydrogen-bond acceptors (Lipinski definition) is 3. The van der Waals surface area contributed by atoms with Gasteiger partial charge in [-0.2, -0.15) is 0 Å². The highest BCUT2D eigenvalue weighted by molar-refractivity contribution is 5.94. The highest BCUT2D eigenvalue weighted by atomic mass is 16.5. The van der Waals surface area contributed by atoms with Gasteiger partial charge in [-0.05, 0) is 31.4 Å². The van der Waals surface area contributed by atoms with Gasteiger partial charge in [-0.3, -0.25) is 4.79 Å². The molecule has 1 N–H and O–H groups in total. The zero-order valence-electron chi connectivity index (χ0n) is 11.3. The third kappa shape index (κ3) is 3.28. The van der Waals surface area contributed by atoms with Crippen LogP contribution in [0, 0.1) is 5.92 Å². The third-order valence-electron chi connectivity index (χ3n) is 3.31. The number of benzene rings is 1. The Morgan fingerprint density at radius 1 is 1.26 bits per heavy atom. The lowest BCUT2D eigenvalue weighted by atomic mass is 9.93. The Hall–Kier alpha value is -1.97. The average molecular weight is 261 g/mol. The largest absolute Gasteiger partial charge is 0.497 e. The Morgan fingerprint density at radius 3 is 2.74 bits per heavy atom. The quantitative estimate of drug-likeness (QED) is 0.847. The molecule has 4 heteroatoms. The predicted octanol–water partition coefficient (Wildman–Crippen LogP) is 3.00. The van der Waals surface area contributed by atoms with Crippen molar-refractivity contribution in [2.24, 2.45) is 5.92 Å². The second-order valence-corrected chi connectivity index (χ2v) is 4.54. The number of nitrogens with one attached hydrogen (secondary N) is 1. The highest BCUT2D eigenvalue weighted by Gasteiger charge is 2.19. The van der Waals surface area contributed by atoms with Crippen molar-refractivity contribution in [3.05, 3.63) is 30.4 Å². The van der Waals surface area contributed by atoms with E-state index < -0.39 is 0 Å². The van der Waals surface area contributed by atoms with Crippen molar-refractivity contribution in [2.75, 3.05) is 19.5 Å². The minimum absolute atomic E-state index is 0.0489. The van der Waals surface area contributed by atoms with Crippen molar-refractivity contribution in [1.29, 1.82) is 0 Å². The van der Waals surface area contributed by atoms with Gasteiger partial charge >= 0.3 is 0 Å². The molecule has 1 atom stereocenters. The van der Waals surface area contributed by atoms with E-state index in [1.54, 1.807) is 32.4 Å². The van der Waals surface area contributed by atoms with Crippen LogP contribution in [0.2, 0.25) is 0 Å². The van der Waals surface area contributed by atoms with Gasteiger partial charge < -0.3 is 14.8 Å². The van der Waals surface area contributed by atoms with Crippen LogP contribution in [-0.2, 0) is 4.79 Å². The Labute approximate surface area is 113 Å². The van der Waals surface area contributed by atoms with Crippen molar-refractivity contribution in [3.63, 3.8) is 0 Å². The number of allylic oxidation sites excluding steroid dienone is 2. The number of rotatable bonds is 4. The van der Waals surface area contributed by atoms with Crippen molar-refractivity contribution in [3.8, 4) is 11.5 Å². The van der Waals surface area contributed by atoms with Crippen molar-refractivity contribution < 1.29 is 14.3 Å². The highest BCUT2D eigenvalue weighted by Crippen LogP contribution is 2.30. The van der Waals surface area contributed by atoms with Gasteiger partial charge in [0.25, 0.3) is 0 Å². The zero-order chi connectivity index (χ0) is 13.7. The molecule has 19 heavy (non-hydrogen) atoms. The van der Waals surface area contributed by atoms with E-state index in [4.69, 9.17) is 9.47 Å². The molecule has 0 fully saturated rings. The first-order chi connectivity index (χ1) is 9.24. The summed E-state index contributed by atoms with van der Waals surface area (Å²) in [4.78, 5) is 12.2. The fourth-order valence-corrected chi connectivity index (χ4v) is 2.17. The molecule has 1 amide bonds. The van der Waals surface area contributed by atoms with Gasteiger partial charge in [0.1, 0.15) is 11.5 Å². The van der Waals surface area contributed by atoms with Crippen molar-refractivity contribution >= 4 is 11.6 Å². The molecule has 0 radical (unpaired) electrons. The maximum Gasteiger partial charge on any atom is 0.227 e. The van der Waals surface area contributed by atoms with Crippen molar-refractivity contribution in [1.82, 2.24) is 0 Å². The van der Waals surface area contributed by atoms with Crippen LogP contribution in [0.4, 0.5) is 5.69 Å². The molecule has 0 saturated heterocycles. The van der Waals surface area contributed by atoms with Gasteiger partial charge in [0.2, 0.25) is 5.91 Å². The zero-order valence-corrected chi connectivity index (χ0v) is 11.3. The Balaban J connectivity index is 2.09. The summed E-state index contributed by atoms with van der Waals surface area (Å²) in [6.07, 6.45) is 6.87. The Kier molecular flexibility index (Phi) is 4.44. The lowest BCUT2D eigenvalue weighted by Gasteiger charge is -2.18. The molecule has 0 heterocycles. The van der Waals surface area contributed by atoms with Crippen LogP contribution in [0.3, 0.4) is 0 Å². The predicted molar refractivity (Wildman–Crippen MR) is 74.7 cm³/mol. The topological polar surface area (TPSA) is 47.6 Å². The van der Waals surface area contributed by atoms with E-state index in [-0.39, 0.29) is 11.8 Å². The molecule has 102 valence electrons. The molecule has 1 aromatic carbocycles. The summed E-state index contributed by atoms with van der Waals surface area (Å²) in [5, 5.41) is 2.93. The van der Waals surface area contributed by atoms with Gasteiger partial charge in [0.05, 0.1) is 19.9 Å². The standard InChI is InChI=1S/C15H19NO3/c1-18-12-8-9-13(14(10-12)19-2)16-15(17)11-6-4-3-5-7-11/h3-4,8-11H,5-7H2,1-2H3,(H,16,17)/t11-/m0/s1. The molecule has 0 aromatic heterocycles. The molecule has 1 aliphatic carbocycles. The van der Waals surface area contributed by atoms with Gasteiger partial charge in [0, 0.05) is 12.0 Å². The maximum atomic E-state index is 12.2. The molecule has 1 aliphatic rings. The molecule has 1 aromatic rings. The third-order valence-corrected chi connectivity index (χ3v) is 3.31. The molecule has 2 rings (SSSR count). The van der Waals surface area contributed by atoms with E-state index in [2.05, 4.69) is 17.5 Å². The first kappa shape index (κ1) is 13.5. The van der Waals surface area contributed by atoms with E-state index in [1.165, 1.54) is 0 Å². The molecular weight excluding hydrogens is 242 g/mol. The number of carbonyl (C=O) groups is 1. The van der Waals surface area contributed by atoms with Gasteiger partial charge in [-0.15, -0.1) is 0 Å². The van der Waals surface area contributed by atoms with E-state index in [0.29, 0.717) is 17.2 Å². The van der Waals surface area contributed by atoms with Gasteiger partial charge in [0.15, 0.2) is 0 Å². The second-order valence-electron chi connectivity index (χ2n) is 4.54. The van der Waals surface area contributed by atoms with Gasteiger partial charge in [-0.1, -0.05) is 12.2 Å². The SMILES string of the molecule is COc1ccc(NC(=O)[C@H]2CC=CCC2)c(OC)c1. The smallest absolute Gasteiger partial charge is 0.227 e. The first-order valence-corrected chi connectivity index (χ1v) is 6.42. The summed E-state index contributed by atoms with van der Waals surface area (Å²) in [5.41, 5.74) is 0.683.